The monoisotopic (exact) mass is 399 g/mol. The number of rotatable bonds is 7. The van der Waals surface area contributed by atoms with Gasteiger partial charge in [0.1, 0.15) is 0 Å². The first kappa shape index (κ1) is 20.0. The number of nitrogens with zero attached hydrogens (tertiary/aromatic N) is 3. The fraction of sp³-hybridized carbons (Fsp3) is 0.682. The number of amides is 1. The number of hydrogen-bond acceptors (Lipinski definition) is 4. The van der Waals surface area contributed by atoms with E-state index in [2.05, 4.69) is 20.6 Å². The minimum Gasteiger partial charge on any atom is -0.477 e. The molecule has 1 aliphatic heterocycles. The highest BCUT2D eigenvalue weighted by molar-refractivity contribution is 5.81. The maximum atomic E-state index is 12.6. The molecule has 7 heteroatoms. The van der Waals surface area contributed by atoms with Crippen molar-refractivity contribution in [2.45, 2.75) is 57.5 Å². The van der Waals surface area contributed by atoms with Crippen LogP contribution >= 0.6 is 0 Å². The van der Waals surface area contributed by atoms with Crippen molar-refractivity contribution >= 4 is 11.9 Å². The van der Waals surface area contributed by atoms with Gasteiger partial charge in [-0.3, -0.25) is 9.79 Å². The van der Waals surface area contributed by atoms with Crippen LogP contribution in [-0.4, -0.2) is 54.5 Å². The van der Waals surface area contributed by atoms with E-state index in [9.17, 15) is 4.79 Å². The number of nitrogens with one attached hydrogen (secondary N) is 2. The molecule has 3 aliphatic rings. The molecular weight excluding hydrogens is 366 g/mol. The zero-order valence-corrected chi connectivity index (χ0v) is 17.4. The highest BCUT2D eigenvalue weighted by Gasteiger charge is 2.32. The Hall–Kier alpha value is -2.31. The first-order valence-corrected chi connectivity index (χ1v) is 11.0. The van der Waals surface area contributed by atoms with Crippen LogP contribution in [-0.2, 0) is 11.3 Å². The number of carbonyl (C=O) groups is 1. The van der Waals surface area contributed by atoms with Gasteiger partial charge in [-0.2, -0.15) is 0 Å². The molecule has 29 heavy (non-hydrogen) atoms. The Bertz CT molecular complexity index is 710. The normalized spacial score (nSPS) is 22.7. The van der Waals surface area contributed by atoms with Crippen molar-refractivity contribution < 1.29 is 9.53 Å². The van der Waals surface area contributed by atoms with Crippen molar-refractivity contribution in [2.75, 3.05) is 26.7 Å². The third kappa shape index (κ3) is 5.61. The van der Waals surface area contributed by atoms with Crippen LogP contribution in [0, 0.1) is 11.8 Å². The van der Waals surface area contributed by atoms with Crippen LogP contribution < -0.4 is 15.4 Å². The van der Waals surface area contributed by atoms with Crippen LogP contribution in [0.1, 0.15) is 50.5 Å². The summed E-state index contributed by atoms with van der Waals surface area (Å²) in [5.74, 6) is 2.80. The number of pyridine rings is 1. The van der Waals surface area contributed by atoms with Crippen molar-refractivity contribution in [3.8, 4) is 5.88 Å². The average Bonchev–Trinajstić information content (AvgIpc) is 3.21. The van der Waals surface area contributed by atoms with Gasteiger partial charge in [0.05, 0.1) is 6.61 Å². The lowest BCUT2D eigenvalue weighted by molar-refractivity contribution is -0.134. The van der Waals surface area contributed by atoms with Gasteiger partial charge in [-0.05, 0) is 43.6 Å². The molecule has 2 heterocycles. The second-order valence-electron chi connectivity index (χ2n) is 8.58. The van der Waals surface area contributed by atoms with Gasteiger partial charge < -0.3 is 20.3 Å². The van der Waals surface area contributed by atoms with Crippen molar-refractivity contribution in [1.29, 1.82) is 0 Å². The highest BCUT2D eigenvalue weighted by atomic mass is 16.5. The van der Waals surface area contributed by atoms with Crippen molar-refractivity contribution in [2.24, 2.45) is 16.8 Å². The zero-order chi connectivity index (χ0) is 20.1. The van der Waals surface area contributed by atoms with E-state index < -0.39 is 0 Å². The SMILES string of the molecule is CN=C(NCc1ccc(OCC2CC2)nc1)NC1CCN(C(=O)C2CCCC2)C1. The molecule has 1 saturated heterocycles. The summed E-state index contributed by atoms with van der Waals surface area (Å²) in [6, 6.07) is 4.22. The summed E-state index contributed by atoms with van der Waals surface area (Å²) in [5.41, 5.74) is 1.08. The maximum Gasteiger partial charge on any atom is 0.225 e. The topological polar surface area (TPSA) is 78.9 Å². The van der Waals surface area contributed by atoms with Gasteiger partial charge in [-0.25, -0.2) is 4.98 Å². The molecule has 3 fully saturated rings. The standard InChI is InChI=1S/C22H33N5O2/c1-23-22(25-13-17-8-9-20(24-12-17)29-15-16-6-7-16)26-19-10-11-27(14-19)21(28)18-4-2-3-5-18/h8-9,12,16,18-19H,2-7,10-11,13-15H2,1H3,(H2,23,25,26). The molecule has 1 atom stereocenters. The first-order valence-electron chi connectivity index (χ1n) is 11.0. The first-order chi connectivity index (χ1) is 14.2. The molecule has 0 spiro atoms. The molecule has 1 unspecified atom stereocenters. The molecule has 2 N–H and O–H groups in total. The van der Waals surface area contributed by atoms with E-state index in [-0.39, 0.29) is 12.0 Å². The number of ether oxygens (including phenoxy) is 1. The van der Waals surface area contributed by atoms with E-state index in [1.807, 2.05) is 23.2 Å². The lowest BCUT2D eigenvalue weighted by atomic mass is 10.1. The minimum absolute atomic E-state index is 0.253. The predicted octanol–water partition coefficient (Wildman–Crippen LogP) is 2.33. The van der Waals surface area contributed by atoms with E-state index >= 15 is 0 Å². The molecule has 1 amide bonds. The second-order valence-corrected chi connectivity index (χ2v) is 8.58. The number of aliphatic imine (C=N–C) groups is 1. The second kappa shape index (κ2) is 9.46. The zero-order valence-electron chi connectivity index (χ0n) is 17.4. The molecule has 1 aromatic rings. The van der Waals surface area contributed by atoms with E-state index in [1.165, 1.54) is 25.7 Å². The van der Waals surface area contributed by atoms with Gasteiger partial charge in [0, 0.05) is 50.9 Å². The summed E-state index contributed by atoms with van der Waals surface area (Å²) in [4.78, 5) is 23.4. The van der Waals surface area contributed by atoms with E-state index in [0.717, 1.165) is 56.4 Å². The molecule has 2 saturated carbocycles. The van der Waals surface area contributed by atoms with E-state index in [4.69, 9.17) is 4.74 Å². The summed E-state index contributed by atoms with van der Waals surface area (Å²) in [5, 5.41) is 6.81. The van der Waals surface area contributed by atoms with Crippen LogP contribution in [0.5, 0.6) is 5.88 Å². The Kier molecular flexibility index (Phi) is 6.52. The summed E-state index contributed by atoms with van der Waals surface area (Å²) >= 11 is 0. The van der Waals surface area contributed by atoms with Gasteiger partial charge in [-0.1, -0.05) is 18.9 Å². The molecule has 0 bridgehead atoms. The smallest absolute Gasteiger partial charge is 0.225 e. The highest BCUT2D eigenvalue weighted by Crippen LogP contribution is 2.29. The van der Waals surface area contributed by atoms with Crippen LogP contribution in [0.2, 0.25) is 0 Å². The van der Waals surface area contributed by atoms with Crippen molar-refractivity contribution in [3.05, 3.63) is 23.9 Å². The van der Waals surface area contributed by atoms with Gasteiger partial charge in [-0.15, -0.1) is 0 Å². The summed E-state index contributed by atoms with van der Waals surface area (Å²) in [6.07, 6.45) is 9.90. The molecule has 2 aliphatic carbocycles. The van der Waals surface area contributed by atoms with Gasteiger partial charge in [0.15, 0.2) is 5.96 Å². The number of guanidine groups is 1. The fourth-order valence-corrected chi connectivity index (χ4v) is 4.17. The third-order valence-electron chi connectivity index (χ3n) is 6.19. The predicted molar refractivity (Wildman–Crippen MR) is 113 cm³/mol. The molecule has 158 valence electrons. The molecule has 0 radical (unpaired) electrons. The minimum atomic E-state index is 0.253. The average molecular weight is 400 g/mol. The molecule has 4 rings (SSSR count). The van der Waals surface area contributed by atoms with Crippen LogP contribution in [0.4, 0.5) is 0 Å². The van der Waals surface area contributed by atoms with Crippen LogP contribution in [0.25, 0.3) is 0 Å². The summed E-state index contributed by atoms with van der Waals surface area (Å²) < 4.78 is 5.69. The Morgan fingerprint density at radius 2 is 2.07 bits per heavy atom. The van der Waals surface area contributed by atoms with Crippen molar-refractivity contribution in [3.63, 3.8) is 0 Å². The quantitative estimate of drug-likeness (QED) is 0.543. The molecule has 0 aromatic carbocycles. The molecule has 7 nitrogen and oxygen atoms in total. The lowest BCUT2D eigenvalue weighted by Gasteiger charge is -2.21. The lowest BCUT2D eigenvalue weighted by Crippen LogP contribution is -2.45. The third-order valence-corrected chi connectivity index (χ3v) is 6.19. The van der Waals surface area contributed by atoms with Gasteiger partial charge in [0.25, 0.3) is 0 Å². The number of hydrogen-bond donors (Lipinski definition) is 2. The van der Waals surface area contributed by atoms with E-state index in [1.54, 1.807) is 7.05 Å². The summed E-state index contributed by atoms with van der Waals surface area (Å²) in [6.45, 7) is 3.04. The number of aromatic nitrogens is 1. The van der Waals surface area contributed by atoms with E-state index in [0.29, 0.717) is 18.3 Å². The largest absolute Gasteiger partial charge is 0.477 e. The Morgan fingerprint density at radius 1 is 1.24 bits per heavy atom. The van der Waals surface area contributed by atoms with Crippen molar-refractivity contribution in [1.82, 2.24) is 20.5 Å². The number of carbonyl (C=O) groups excluding carboxylic acids is 1. The Morgan fingerprint density at radius 3 is 2.76 bits per heavy atom. The van der Waals surface area contributed by atoms with Crippen LogP contribution in [0.15, 0.2) is 23.3 Å². The fourth-order valence-electron chi connectivity index (χ4n) is 4.17. The summed E-state index contributed by atoms with van der Waals surface area (Å²) in [7, 11) is 1.78. The van der Waals surface area contributed by atoms with Gasteiger partial charge in [0.2, 0.25) is 11.8 Å². The molecular formula is C22H33N5O2. The van der Waals surface area contributed by atoms with Crippen LogP contribution in [0.3, 0.4) is 0 Å². The Balaban J connectivity index is 1.20. The number of likely N-dealkylation sites (tertiary alicyclic amines) is 1. The molecule has 1 aromatic heterocycles. The Labute approximate surface area is 173 Å². The van der Waals surface area contributed by atoms with Gasteiger partial charge >= 0.3 is 0 Å². The maximum absolute atomic E-state index is 12.6.